The second kappa shape index (κ2) is 5.69. The molecule has 1 fully saturated rings. The number of aromatic nitrogens is 1. The van der Waals surface area contributed by atoms with Crippen LogP contribution in [0.4, 0.5) is 0 Å². The molecule has 0 spiro atoms. The highest BCUT2D eigenvalue weighted by Crippen LogP contribution is 2.34. The van der Waals surface area contributed by atoms with Gasteiger partial charge in [-0.25, -0.2) is 4.98 Å². The maximum atomic E-state index is 9.03. The van der Waals surface area contributed by atoms with Crippen LogP contribution in [-0.2, 0) is 6.61 Å². The van der Waals surface area contributed by atoms with Gasteiger partial charge in [-0.3, -0.25) is 0 Å². The Labute approximate surface area is 101 Å². The van der Waals surface area contributed by atoms with Crippen molar-refractivity contribution in [3.05, 3.63) is 23.4 Å². The summed E-state index contributed by atoms with van der Waals surface area (Å²) < 4.78 is 0. The number of aryl methyl sites for hydroxylation is 1. The Morgan fingerprint density at radius 1 is 1.38 bits per heavy atom. The van der Waals surface area contributed by atoms with Crippen LogP contribution in [-0.4, -0.2) is 15.3 Å². The molecule has 1 aromatic rings. The van der Waals surface area contributed by atoms with Gasteiger partial charge in [0, 0.05) is 11.4 Å². The van der Waals surface area contributed by atoms with Gasteiger partial charge in [0.15, 0.2) is 0 Å². The quantitative estimate of drug-likeness (QED) is 0.875. The maximum absolute atomic E-state index is 9.03. The fraction of sp³-hybridized carbons (Fsp3) is 0.615. The molecule has 1 aliphatic carbocycles. The lowest BCUT2D eigenvalue weighted by Gasteiger charge is -2.21. The van der Waals surface area contributed by atoms with E-state index in [0.29, 0.717) is 0 Å². The number of thioether (sulfide) groups is 1. The number of hydrogen-bond acceptors (Lipinski definition) is 3. The summed E-state index contributed by atoms with van der Waals surface area (Å²) >= 11 is 1.92. The average Bonchev–Trinajstić information content (AvgIpc) is 2.33. The number of pyridine rings is 1. The van der Waals surface area contributed by atoms with Gasteiger partial charge in [-0.1, -0.05) is 19.3 Å². The lowest BCUT2D eigenvalue weighted by Crippen LogP contribution is -2.08. The third-order valence-corrected chi connectivity index (χ3v) is 4.56. The van der Waals surface area contributed by atoms with Crippen molar-refractivity contribution in [1.82, 2.24) is 4.98 Å². The molecule has 2 nitrogen and oxygen atoms in total. The van der Waals surface area contributed by atoms with Crippen LogP contribution in [0.5, 0.6) is 0 Å². The molecule has 0 atom stereocenters. The molecule has 1 aliphatic rings. The van der Waals surface area contributed by atoms with Gasteiger partial charge in [0.25, 0.3) is 0 Å². The van der Waals surface area contributed by atoms with Gasteiger partial charge in [0.2, 0.25) is 0 Å². The van der Waals surface area contributed by atoms with E-state index < -0.39 is 0 Å². The van der Waals surface area contributed by atoms with E-state index in [4.69, 9.17) is 5.11 Å². The van der Waals surface area contributed by atoms with E-state index in [1.54, 1.807) is 6.20 Å². The minimum Gasteiger partial charge on any atom is -0.392 e. The Hall–Kier alpha value is -0.540. The first-order valence-corrected chi connectivity index (χ1v) is 6.90. The molecule has 0 saturated heterocycles. The van der Waals surface area contributed by atoms with Crippen molar-refractivity contribution < 1.29 is 5.11 Å². The first kappa shape index (κ1) is 11.9. The highest BCUT2D eigenvalue weighted by Gasteiger charge is 2.16. The van der Waals surface area contributed by atoms with E-state index in [0.717, 1.165) is 15.8 Å². The van der Waals surface area contributed by atoms with Crippen LogP contribution in [0.25, 0.3) is 0 Å². The Morgan fingerprint density at radius 2 is 2.12 bits per heavy atom. The van der Waals surface area contributed by atoms with Gasteiger partial charge in [-0.2, -0.15) is 0 Å². The molecule has 0 unspecified atom stereocenters. The molecule has 1 N–H and O–H groups in total. The smallest absolute Gasteiger partial charge is 0.0991 e. The number of hydrogen-bond donors (Lipinski definition) is 1. The van der Waals surface area contributed by atoms with Gasteiger partial charge in [0.05, 0.1) is 11.6 Å². The minimum absolute atomic E-state index is 0.0855. The summed E-state index contributed by atoms with van der Waals surface area (Å²) in [5.41, 5.74) is 2.10. The number of aliphatic hydroxyl groups is 1. The summed E-state index contributed by atoms with van der Waals surface area (Å²) in [7, 11) is 0. The molecule has 1 heterocycles. The highest BCUT2D eigenvalue weighted by molar-refractivity contribution is 7.99. The molecule has 2 rings (SSSR count). The second-order valence-corrected chi connectivity index (χ2v) is 5.79. The maximum Gasteiger partial charge on any atom is 0.0991 e. The number of rotatable bonds is 3. The fourth-order valence-electron chi connectivity index (χ4n) is 2.17. The van der Waals surface area contributed by atoms with E-state index >= 15 is 0 Å². The van der Waals surface area contributed by atoms with Crippen LogP contribution < -0.4 is 0 Å². The third kappa shape index (κ3) is 2.98. The molecular formula is C13H19NOS. The molecular weight excluding hydrogens is 218 g/mol. The lowest BCUT2D eigenvalue weighted by molar-refractivity contribution is 0.281. The molecule has 0 bridgehead atoms. The van der Waals surface area contributed by atoms with Crippen molar-refractivity contribution >= 4 is 11.8 Å². The normalized spacial score (nSPS) is 17.6. The molecule has 0 amide bonds. The Kier molecular flexibility index (Phi) is 4.24. The summed E-state index contributed by atoms with van der Waals surface area (Å²) in [6.07, 6.45) is 8.57. The van der Waals surface area contributed by atoms with Gasteiger partial charge in [-0.05, 0) is 37.0 Å². The number of nitrogens with zero attached hydrogens (tertiary/aromatic N) is 1. The van der Waals surface area contributed by atoms with Crippen LogP contribution >= 0.6 is 11.8 Å². The molecule has 1 saturated carbocycles. The molecule has 1 aromatic heterocycles. The Balaban J connectivity index is 2.03. The molecule has 3 heteroatoms. The van der Waals surface area contributed by atoms with E-state index in [2.05, 4.69) is 11.9 Å². The molecule has 0 aromatic carbocycles. The Bertz CT molecular complexity index is 348. The minimum atomic E-state index is 0.0855. The van der Waals surface area contributed by atoms with Gasteiger partial charge < -0.3 is 5.11 Å². The van der Waals surface area contributed by atoms with E-state index in [1.165, 1.54) is 37.7 Å². The standard InChI is InChI=1S/C13H19NOS/c1-10-7-11(9-15)8-14-13(10)16-12-5-3-2-4-6-12/h7-8,12,15H,2-6,9H2,1H3. The molecule has 0 radical (unpaired) electrons. The van der Waals surface area contributed by atoms with Gasteiger partial charge in [0.1, 0.15) is 0 Å². The summed E-state index contributed by atoms with van der Waals surface area (Å²) in [6, 6.07) is 2.04. The van der Waals surface area contributed by atoms with Crippen LogP contribution in [0.3, 0.4) is 0 Å². The van der Waals surface area contributed by atoms with Crippen molar-refractivity contribution in [1.29, 1.82) is 0 Å². The zero-order valence-electron chi connectivity index (χ0n) is 9.78. The average molecular weight is 237 g/mol. The summed E-state index contributed by atoms with van der Waals surface area (Å²) in [6.45, 7) is 2.17. The summed E-state index contributed by atoms with van der Waals surface area (Å²) in [5, 5.41) is 10.9. The lowest BCUT2D eigenvalue weighted by atomic mass is 10.0. The zero-order chi connectivity index (χ0) is 11.4. The fourth-order valence-corrected chi connectivity index (χ4v) is 3.41. The van der Waals surface area contributed by atoms with Gasteiger partial charge >= 0.3 is 0 Å². The summed E-state index contributed by atoms with van der Waals surface area (Å²) in [5.74, 6) is 0. The third-order valence-electron chi connectivity index (χ3n) is 3.10. The highest BCUT2D eigenvalue weighted by atomic mass is 32.2. The second-order valence-electron chi connectivity index (χ2n) is 4.50. The predicted molar refractivity (Wildman–Crippen MR) is 67.6 cm³/mol. The molecule has 16 heavy (non-hydrogen) atoms. The number of aliphatic hydroxyl groups excluding tert-OH is 1. The predicted octanol–water partition coefficient (Wildman–Crippen LogP) is 3.31. The first-order valence-electron chi connectivity index (χ1n) is 6.02. The van der Waals surface area contributed by atoms with Crippen LogP contribution in [0.2, 0.25) is 0 Å². The first-order chi connectivity index (χ1) is 7.79. The largest absolute Gasteiger partial charge is 0.392 e. The van der Waals surface area contributed by atoms with Crippen LogP contribution in [0.15, 0.2) is 17.3 Å². The van der Waals surface area contributed by atoms with Crippen molar-refractivity contribution in [2.45, 2.75) is 55.9 Å². The van der Waals surface area contributed by atoms with Crippen molar-refractivity contribution in [2.75, 3.05) is 0 Å². The molecule has 88 valence electrons. The van der Waals surface area contributed by atoms with E-state index in [1.807, 2.05) is 17.8 Å². The van der Waals surface area contributed by atoms with Crippen molar-refractivity contribution in [3.8, 4) is 0 Å². The summed E-state index contributed by atoms with van der Waals surface area (Å²) in [4.78, 5) is 4.45. The monoisotopic (exact) mass is 237 g/mol. The zero-order valence-corrected chi connectivity index (χ0v) is 10.6. The van der Waals surface area contributed by atoms with Crippen molar-refractivity contribution in [2.24, 2.45) is 0 Å². The van der Waals surface area contributed by atoms with Crippen LogP contribution in [0, 0.1) is 6.92 Å². The topological polar surface area (TPSA) is 33.1 Å². The van der Waals surface area contributed by atoms with E-state index in [-0.39, 0.29) is 6.61 Å². The SMILES string of the molecule is Cc1cc(CO)cnc1SC1CCCCC1. The van der Waals surface area contributed by atoms with Gasteiger partial charge in [-0.15, -0.1) is 11.8 Å². The van der Waals surface area contributed by atoms with Crippen LogP contribution in [0.1, 0.15) is 43.2 Å². The molecule has 0 aliphatic heterocycles. The Morgan fingerprint density at radius 3 is 2.75 bits per heavy atom. The van der Waals surface area contributed by atoms with Crippen molar-refractivity contribution in [3.63, 3.8) is 0 Å². The van der Waals surface area contributed by atoms with E-state index in [9.17, 15) is 0 Å².